The number of rotatable bonds is 2. The summed E-state index contributed by atoms with van der Waals surface area (Å²) in [6.07, 6.45) is 3.12. The lowest BCUT2D eigenvalue weighted by Gasteiger charge is -2.33. The van der Waals surface area contributed by atoms with Gasteiger partial charge in [-0.1, -0.05) is 0 Å². The van der Waals surface area contributed by atoms with Crippen molar-refractivity contribution in [2.45, 2.75) is 51.4 Å². The van der Waals surface area contributed by atoms with Gasteiger partial charge in [-0.2, -0.15) is 0 Å². The summed E-state index contributed by atoms with van der Waals surface area (Å²) in [7, 11) is 0. The molecule has 0 saturated carbocycles. The van der Waals surface area contributed by atoms with E-state index in [1.165, 1.54) is 6.92 Å². The third kappa shape index (κ3) is 4.24. The number of carbonyl (C=O) groups is 3. The van der Waals surface area contributed by atoms with Crippen LogP contribution in [0.3, 0.4) is 0 Å². The number of carboxylic acids is 1. The van der Waals surface area contributed by atoms with Gasteiger partial charge in [-0.25, -0.2) is 4.79 Å². The van der Waals surface area contributed by atoms with Crippen molar-refractivity contribution in [3.8, 4) is 0 Å². The Bertz CT molecular complexity index is 897. The van der Waals surface area contributed by atoms with Gasteiger partial charge < -0.3 is 24.4 Å². The van der Waals surface area contributed by atoms with Crippen LogP contribution in [0.25, 0.3) is 0 Å². The molecule has 1 aromatic heterocycles. The van der Waals surface area contributed by atoms with E-state index >= 15 is 0 Å². The smallest absolute Gasteiger partial charge is 0.341 e. The maximum absolute atomic E-state index is 13.0. The second-order valence-corrected chi connectivity index (χ2v) is 7.96. The van der Waals surface area contributed by atoms with Gasteiger partial charge >= 0.3 is 5.97 Å². The van der Waals surface area contributed by atoms with E-state index in [0.717, 1.165) is 18.5 Å². The van der Waals surface area contributed by atoms with Crippen LogP contribution < -0.4 is 5.56 Å². The molecule has 2 fully saturated rings. The summed E-state index contributed by atoms with van der Waals surface area (Å²) in [4.78, 5) is 49.0. The van der Waals surface area contributed by atoms with Gasteiger partial charge in [0.2, 0.25) is 5.91 Å². The van der Waals surface area contributed by atoms with Crippen LogP contribution in [-0.4, -0.2) is 81.3 Å². The summed E-state index contributed by atoms with van der Waals surface area (Å²) in [6, 6.07) is 0.184. The Hall–Kier alpha value is -2.72. The summed E-state index contributed by atoms with van der Waals surface area (Å²) in [6.45, 7) is 6.27. The number of hydrogen-bond acceptors (Lipinski definition) is 6. The number of fused-ring (bicyclic) bond motifs is 2. The third-order valence-corrected chi connectivity index (χ3v) is 6.05. The van der Waals surface area contributed by atoms with E-state index in [1.807, 2.05) is 6.92 Å². The van der Waals surface area contributed by atoms with Crippen molar-refractivity contribution in [1.82, 2.24) is 14.4 Å². The first kappa shape index (κ1) is 22.0. The highest BCUT2D eigenvalue weighted by Crippen LogP contribution is 2.31. The summed E-state index contributed by atoms with van der Waals surface area (Å²) in [5, 5.41) is 16.6. The topological polar surface area (TPSA) is 129 Å². The van der Waals surface area contributed by atoms with Crippen molar-refractivity contribution in [2.75, 3.05) is 26.2 Å². The highest BCUT2D eigenvalue weighted by molar-refractivity contribution is 5.89. The molecule has 0 aromatic carbocycles. The molecule has 10 heteroatoms. The summed E-state index contributed by atoms with van der Waals surface area (Å²) in [5.74, 6) is -1.23. The van der Waals surface area contributed by atoms with Gasteiger partial charge in [0.25, 0.3) is 12.0 Å². The molecular formula is C20H27N3O7. The highest BCUT2D eigenvalue weighted by Gasteiger charge is 2.38. The molecule has 30 heavy (non-hydrogen) atoms. The molecule has 4 heterocycles. The van der Waals surface area contributed by atoms with Crippen molar-refractivity contribution >= 4 is 18.3 Å². The van der Waals surface area contributed by atoms with Crippen LogP contribution in [0.15, 0.2) is 11.0 Å². The van der Waals surface area contributed by atoms with Crippen molar-refractivity contribution in [1.29, 1.82) is 0 Å². The summed E-state index contributed by atoms with van der Waals surface area (Å²) < 4.78 is 7.32. The van der Waals surface area contributed by atoms with E-state index < -0.39 is 11.5 Å². The van der Waals surface area contributed by atoms with Crippen molar-refractivity contribution in [2.24, 2.45) is 0 Å². The van der Waals surface area contributed by atoms with Crippen LogP contribution in [0.4, 0.5) is 0 Å². The average molecular weight is 421 g/mol. The maximum atomic E-state index is 13.0. The zero-order valence-corrected chi connectivity index (χ0v) is 17.1. The van der Waals surface area contributed by atoms with Crippen LogP contribution in [-0.2, 0) is 27.3 Å². The minimum atomic E-state index is -1.19. The number of morpholine rings is 1. The SMILES string of the molecule is CC(=O)N1CCc2c(cn([C@@H]3C[C@H]4CO[C@H](C)CN4C3)c(=O)c2C(=O)O)C1.O=CO. The molecule has 0 radical (unpaired) electrons. The maximum Gasteiger partial charge on any atom is 0.341 e. The van der Waals surface area contributed by atoms with Gasteiger partial charge in [0.1, 0.15) is 5.56 Å². The standard InChI is InChI=1S/C19H25N3O5.CH2O2/c1-11-6-21-9-14(5-15(21)10-27-11)22-8-13-7-20(12(2)23)4-3-16(13)17(18(22)24)19(25)26;2-1-3/h8,11,14-15H,3-7,9-10H2,1-2H3,(H,25,26);1H,(H,2,3)/t11-,14-,15+;/m1./s1. The summed E-state index contributed by atoms with van der Waals surface area (Å²) in [5.41, 5.74) is 0.776. The summed E-state index contributed by atoms with van der Waals surface area (Å²) >= 11 is 0. The fraction of sp³-hybridized carbons (Fsp3) is 0.600. The van der Waals surface area contributed by atoms with Gasteiger partial charge in [0, 0.05) is 45.3 Å². The molecule has 0 bridgehead atoms. The number of carbonyl (C=O) groups excluding carboxylic acids is 1. The molecular weight excluding hydrogens is 394 g/mol. The monoisotopic (exact) mass is 421 g/mol. The van der Waals surface area contributed by atoms with Crippen LogP contribution in [0, 0.1) is 0 Å². The van der Waals surface area contributed by atoms with Gasteiger partial charge in [-0.3, -0.25) is 19.3 Å². The predicted molar refractivity (Wildman–Crippen MR) is 106 cm³/mol. The Morgan fingerprint density at radius 2 is 1.97 bits per heavy atom. The van der Waals surface area contributed by atoms with Crippen LogP contribution in [0.5, 0.6) is 0 Å². The van der Waals surface area contributed by atoms with Gasteiger partial charge in [-0.15, -0.1) is 0 Å². The van der Waals surface area contributed by atoms with Crippen LogP contribution >= 0.6 is 0 Å². The van der Waals surface area contributed by atoms with Crippen LogP contribution in [0.1, 0.15) is 47.8 Å². The predicted octanol–water partition coefficient (Wildman–Crippen LogP) is 0.186. The molecule has 4 rings (SSSR count). The minimum Gasteiger partial charge on any atom is -0.483 e. The normalized spacial score (nSPS) is 25.5. The lowest BCUT2D eigenvalue weighted by Crippen LogP contribution is -2.45. The Balaban J connectivity index is 0.000000806. The molecule has 1 amide bonds. The molecule has 3 aliphatic rings. The van der Waals surface area contributed by atoms with E-state index in [9.17, 15) is 19.5 Å². The molecule has 3 aliphatic heterocycles. The number of nitrogens with zero attached hydrogens (tertiary/aromatic N) is 3. The van der Waals surface area contributed by atoms with Gasteiger partial charge in [-0.05, 0) is 30.9 Å². The van der Waals surface area contributed by atoms with Gasteiger partial charge in [0.05, 0.1) is 18.8 Å². The van der Waals surface area contributed by atoms with E-state index in [1.54, 1.807) is 15.7 Å². The number of aromatic carboxylic acids is 1. The molecule has 3 atom stereocenters. The minimum absolute atomic E-state index is 0.0422. The molecule has 0 aliphatic carbocycles. The first-order chi connectivity index (χ1) is 14.3. The second-order valence-electron chi connectivity index (χ2n) is 7.96. The zero-order valence-electron chi connectivity index (χ0n) is 17.1. The van der Waals surface area contributed by atoms with Crippen molar-refractivity contribution in [3.05, 3.63) is 33.2 Å². The van der Waals surface area contributed by atoms with E-state index in [0.29, 0.717) is 38.2 Å². The molecule has 0 spiro atoms. The molecule has 2 N–H and O–H groups in total. The number of amides is 1. The fourth-order valence-electron chi connectivity index (χ4n) is 4.65. The first-order valence-corrected chi connectivity index (χ1v) is 9.96. The largest absolute Gasteiger partial charge is 0.483 e. The molecule has 1 aromatic rings. The molecule has 10 nitrogen and oxygen atoms in total. The molecule has 164 valence electrons. The average Bonchev–Trinajstić information content (AvgIpc) is 3.10. The van der Waals surface area contributed by atoms with Crippen molar-refractivity contribution < 1.29 is 29.3 Å². The van der Waals surface area contributed by atoms with E-state index in [4.69, 9.17) is 14.6 Å². The number of ether oxygens (including phenoxy) is 1. The Kier molecular flexibility index (Phi) is 6.57. The molecule has 0 unspecified atom stereocenters. The first-order valence-electron chi connectivity index (χ1n) is 9.96. The van der Waals surface area contributed by atoms with Crippen LogP contribution in [0.2, 0.25) is 0 Å². The number of hydrogen-bond donors (Lipinski definition) is 2. The number of aromatic nitrogens is 1. The molecule has 2 saturated heterocycles. The quantitative estimate of drug-likeness (QED) is 0.647. The Morgan fingerprint density at radius 3 is 2.60 bits per heavy atom. The zero-order chi connectivity index (χ0) is 22.0. The lowest BCUT2D eigenvalue weighted by atomic mass is 9.96. The fourth-order valence-corrected chi connectivity index (χ4v) is 4.65. The third-order valence-electron chi connectivity index (χ3n) is 6.05. The van der Waals surface area contributed by atoms with E-state index in [2.05, 4.69) is 4.90 Å². The van der Waals surface area contributed by atoms with Crippen molar-refractivity contribution in [3.63, 3.8) is 0 Å². The number of carboxylic acid groups (broad SMARTS) is 2. The van der Waals surface area contributed by atoms with Gasteiger partial charge in [0.15, 0.2) is 0 Å². The Labute approximate surface area is 173 Å². The highest BCUT2D eigenvalue weighted by atomic mass is 16.5. The second kappa shape index (κ2) is 8.97. The Morgan fingerprint density at radius 1 is 1.27 bits per heavy atom. The van der Waals surface area contributed by atoms with E-state index in [-0.39, 0.29) is 36.1 Å². The lowest BCUT2D eigenvalue weighted by molar-refractivity contribution is -0.129. The number of pyridine rings is 1.